The summed E-state index contributed by atoms with van der Waals surface area (Å²) in [5.41, 5.74) is 1.86. The topological polar surface area (TPSA) is 29.1 Å². The summed E-state index contributed by atoms with van der Waals surface area (Å²) in [6.45, 7) is 3.64. The molecule has 68 valence electrons. The first kappa shape index (κ1) is 9.81. The smallest absolute Gasteiger partial charge is 0.312 e. The summed E-state index contributed by atoms with van der Waals surface area (Å²) in [6.07, 6.45) is 2.66. The second kappa shape index (κ2) is 4.67. The Labute approximate surface area is 82.2 Å². The number of carbonyl (C=O) groups excluding carboxylic acids is 1. The molecular weight excluding hydrogens is 186 g/mol. The predicted molar refractivity (Wildman–Crippen MR) is 55.2 cm³/mol. The molecule has 3 heteroatoms. The van der Waals surface area contributed by atoms with E-state index in [2.05, 4.69) is 11.9 Å². The Bertz CT molecular complexity index is 305. The van der Waals surface area contributed by atoms with E-state index in [1.807, 2.05) is 18.2 Å². The zero-order valence-electron chi connectivity index (χ0n) is 7.09. The normalized spacial score (nSPS) is 9.31. The molecule has 2 nitrogen and oxygen atoms in total. The van der Waals surface area contributed by atoms with Gasteiger partial charge in [0, 0.05) is 5.69 Å². The lowest BCUT2D eigenvalue weighted by atomic mass is 10.1. The van der Waals surface area contributed by atoms with Crippen molar-refractivity contribution in [3.63, 3.8) is 0 Å². The fourth-order valence-corrected chi connectivity index (χ4v) is 1.11. The number of nitrogens with one attached hydrogen (secondary N) is 1. The van der Waals surface area contributed by atoms with E-state index in [9.17, 15) is 4.79 Å². The number of hydrogen-bond donors (Lipinski definition) is 1. The third kappa shape index (κ3) is 3.30. The third-order valence-corrected chi connectivity index (χ3v) is 1.67. The number of hydrogen-bond acceptors (Lipinski definition) is 1. The summed E-state index contributed by atoms with van der Waals surface area (Å²) in [4.78, 5) is 10.5. The fourth-order valence-electron chi connectivity index (χ4n) is 1.00. The molecule has 0 aliphatic heterocycles. The summed E-state index contributed by atoms with van der Waals surface area (Å²) < 4.78 is 0. The van der Waals surface area contributed by atoms with Crippen LogP contribution in [0, 0.1) is 0 Å². The first-order valence-electron chi connectivity index (χ1n) is 3.88. The van der Waals surface area contributed by atoms with Crippen LogP contribution in [0.5, 0.6) is 0 Å². The Morgan fingerprint density at radius 1 is 1.46 bits per heavy atom. The maximum Gasteiger partial charge on any atom is 0.318 e. The second-order valence-electron chi connectivity index (χ2n) is 2.59. The largest absolute Gasteiger partial charge is 0.318 e. The summed E-state index contributed by atoms with van der Waals surface area (Å²) in [5.74, 6) is 0. The van der Waals surface area contributed by atoms with E-state index in [0.717, 1.165) is 12.0 Å². The molecule has 1 aromatic carbocycles. The van der Waals surface area contributed by atoms with Crippen LogP contribution in [0.25, 0.3) is 0 Å². The Balaban J connectivity index is 2.69. The van der Waals surface area contributed by atoms with Gasteiger partial charge in [0.1, 0.15) is 0 Å². The highest BCUT2D eigenvalue weighted by molar-refractivity contribution is 6.65. The first-order chi connectivity index (χ1) is 6.22. The Morgan fingerprint density at radius 3 is 2.54 bits per heavy atom. The van der Waals surface area contributed by atoms with Crippen LogP contribution >= 0.6 is 11.6 Å². The molecule has 0 aromatic heterocycles. The van der Waals surface area contributed by atoms with Crippen molar-refractivity contribution in [3.05, 3.63) is 42.5 Å². The van der Waals surface area contributed by atoms with Crippen LogP contribution in [0.2, 0.25) is 0 Å². The molecule has 1 aromatic rings. The van der Waals surface area contributed by atoms with Crippen molar-refractivity contribution < 1.29 is 4.79 Å². The van der Waals surface area contributed by atoms with Crippen LogP contribution in [0.15, 0.2) is 36.9 Å². The lowest BCUT2D eigenvalue weighted by Gasteiger charge is -2.01. The Hall–Kier alpha value is -1.28. The molecule has 1 amide bonds. The monoisotopic (exact) mass is 195 g/mol. The molecule has 0 atom stereocenters. The SMILES string of the molecule is C=CCc1ccc(NC(=O)Cl)cc1. The van der Waals surface area contributed by atoms with E-state index in [-0.39, 0.29) is 0 Å². The van der Waals surface area contributed by atoms with Gasteiger partial charge in [0.05, 0.1) is 0 Å². The highest BCUT2D eigenvalue weighted by atomic mass is 35.5. The van der Waals surface area contributed by atoms with Gasteiger partial charge in [-0.2, -0.15) is 0 Å². The quantitative estimate of drug-likeness (QED) is 0.448. The van der Waals surface area contributed by atoms with Gasteiger partial charge in [-0.1, -0.05) is 18.2 Å². The van der Waals surface area contributed by atoms with Crippen LogP contribution in [-0.4, -0.2) is 5.37 Å². The molecule has 13 heavy (non-hydrogen) atoms. The highest BCUT2D eigenvalue weighted by Gasteiger charge is 1.96. The van der Waals surface area contributed by atoms with E-state index in [1.165, 1.54) is 0 Å². The van der Waals surface area contributed by atoms with Crippen molar-refractivity contribution >= 4 is 22.7 Å². The van der Waals surface area contributed by atoms with Crippen molar-refractivity contribution in [3.8, 4) is 0 Å². The summed E-state index contributed by atoms with van der Waals surface area (Å²) >= 11 is 5.15. The fraction of sp³-hybridized carbons (Fsp3) is 0.100. The first-order valence-corrected chi connectivity index (χ1v) is 4.26. The second-order valence-corrected chi connectivity index (χ2v) is 2.93. The van der Waals surface area contributed by atoms with Gasteiger partial charge in [-0.3, -0.25) is 4.79 Å². The van der Waals surface area contributed by atoms with Gasteiger partial charge in [-0.25, -0.2) is 0 Å². The van der Waals surface area contributed by atoms with E-state index >= 15 is 0 Å². The van der Waals surface area contributed by atoms with Crippen LogP contribution in [0.3, 0.4) is 0 Å². The average Bonchev–Trinajstić information content (AvgIpc) is 2.08. The molecule has 1 rings (SSSR count). The van der Waals surface area contributed by atoms with Gasteiger partial charge in [-0.15, -0.1) is 6.58 Å². The lowest BCUT2D eigenvalue weighted by Crippen LogP contribution is -2.00. The van der Waals surface area contributed by atoms with Crippen molar-refractivity contribution in [2.45, 2.75) is 6.42 Å². The molecule has 0 heterocycles. The average molecular weight is 196 g/mol. The number of benzene rings is 1. The highest BCUT2D eigenvalue weighted by Crippen LogP contribution is 2.10. The molecule has 0 bridgehead atoms. The van der Waals surface area contributed by atoms with Gasteiger partial charge in [0.2, 0.25) is 0 Å². The van der Waals surface area contributed by atoms with Crippen LogP contribution in [0.1, 0.15) is 5.56 Å². The minimum absolute atomic E-state index is 0.573. The maximum atomic E-state index is 10.5. The zero-order chi connectivity index (χ0) is 9.68. The molecule has 0 fully saturated rings. The molecule has 0 saturated carbocycles. The third-order valence-electron chi connectivity index (χ3n) is 1.58. The molecule has 0 saturated heterocycles. The van der Waals surface area contributed by atoms with Crippen molar-refractivity contribution in [1.29, 1.82) is 0 Å². The van der Waals surface area contributed by atoms with Crippen molar-refractivity contribution in [2.24, 2.45) is 0 Å². The van der Waals surface area contributed by atoms with Crippen LogP contribution in [0.4, 0.5) is 10.5 Å². The molecule has 0 spiro atoms. The van der Waals surface area contributed by atoms with Crippen molar-refractivity contribution in [2.75, 3.05) is 5.32 Å². The number of rotatable bonds is 3. The standard InChI is InChI=1S/C10H10ClNO/c1-2-3-8-4-6-9(7-5-8)12-10(11)13/h2,4-7H,1,3H2,(H,12,13). The van der Waals surface area contributed by atoms with E-state index in [0.29, 0.717) is 5.69 Å². The molecule has 0 aliphatic rings. The minimum atomic E-state index is -0.573. The van der Waals surface area contributed by atoms with E-state index in [1.54, 1.807) is 12.1 Å². The number of amides is 1. The molecule has 0 radical (unpaired) electrons. The van der Waals surface area contributed by atoms with Crippen molar-refractivity contribution in [1.82, 2.24) is 0 Å². The lowest BCUT2D eigenvalue weighted by molar-refractivity contribution is 0.269. The molecule has 0 unspecified atom stereocenters. The maximum absolute atomic E-state index is 10.5. The summed E-state index contributed by atoms with van der Waals surface area (Å²) in [7, 11) is 0. The van der Waals surface area contributed by atoms with E-state index in [4.69, 9.17) is 11.6 Å². The summed E-state index contributed by atoms with van der Waals surface area (Å²) in [5, 5.41) is 1.90. The Morgan fingerprint density at radius 2 is 2.08 bits per heavy atom. The van der Waals surface area contributed by atoms with Gasteiger partial charge in [-0.05, 0) is 35.7 Å². The van der Waals surface area contributed by atoms with Crippen LogP contribution < -0.4 is 5.32 Å². The minimum Gasteiger partial charge on any atom is -0.312 e. The van der Waals surface area contributed by atoms with E-state index < -0.39 is 5.37 Å². The van der Waals surface area contributed by atoms with Crippen LogP contribution in [-0.2, 0) is 6.42 Å². The van der Waals surface area contributed by atoms with Gasteiger partial charge < -0.3 is 5.32 Å². The van der Waals surface area contributed by atoms with Gasteiger partial charge >= 0.3 is 5.37 Å². The van der Waals surface area contributed by atoms with Gasteiger partial charge in [0.25, 0.3) is 0 Å². The predicted octanol–water partition coefficient (Wildman–Crippen LogP) is 3.19. The summed E-state index contributed by atoms with van der Waals surface area (Å²) in [6, 6.07) is 7.45. The number of anilines is 1. The molecule has 1 N–H and O–H groups in total. The van der Waals surface area contributed by atoms with Gasteiger partial charge in [0.15, 0.2) is 0 Å². The number of carbonyl (C=O) groups is 1. The number of halogens is 1. The number of allylic oxidation sites excluding steroid dienone is 1. The molecular formula is C10H10ClNO. The zero-order valence-corrected chi connectivity index (χ0v) is 7.84. The molecule has 0 aliphatic carbocycles. The Kier molecular flexibility index (Phi) is 3.53.